The van der Waals surface area contributed by atoms with Crippen molar-refractivity contribution in [1.82, 2.24) is 0 Å². The van der Waals surface area contributed by atoms with E-state index in [9.17, 15) is 4.79 Å². The Morgan fingerprint density at radius 3 is 2.64 bits per heavy atom. The molecule has 2 heterocycles. The van der Waals surface area contributed by atoms with E-state index in [0.717, 1.165) is 9.86 Å². The highest BCUT2D eigenvalue weighted by Crippen LogP contribution is 2.32. The second kappa shape index (κ2) is 5.18. The van der Waals surface area contributed by atoms with E-state index in [1.165, 1.54) is 0 Å². The molecule has 0 aliphatic carbocycles. The Morgan fingerprint density at radius 2 is 1.77 bits per heavy atom. The monoisotopic (exact) mass is 358 g/mol. The smallest absolute Gasteiger partial charge is 0.228 e. The highest BCUT2D eigenvalue weighted by atomic mass is 79.9. The molecule has 5 heteroatoms. The Hall–Kier alpha value is -2.27. The van der Waals surface area contributed by atoms with Gasteiger partial charge < -0.3 is 13.9 Å². The van der Waals surface area contributed by atoms with Gasteiger partial charge in [-0.05, 0) is 42.5 Å². The van der Waals surface area contributed by atoms with Crippen LogP contribution < -0.4 is 9.47 Å². The van der Waals surface area contributed by atoms with Crippen LogP contribution in [0, 0.1) is 0 Å². The van der Waals surface area contributed by atoms with Crippen molar-refractivity contribution in [2.24, 2.45) is 0 Å². The molecule has 0 radical (unpaired) electrons. The third-order valence-corrected chi connectivity index (χ3v) is 4.00. The highest BCUT2D eigenvalue weighted by Gasteiger charge is 2.18. The number of carbonyl (C=O) groups is 1. The molecule has 0 amide bonds. The molecule has 0 N–H and O–H groups in total. The van der Waals surface area contributed by atoms with Crippen LogP contribution in [0.15, 0.2) is 51.4 Å². The molecule has 0 bridgehead atoms. The number of carbonyl (C=O) groups excluding carboxylic acids is 1. The fraction of sp³-hybridized carbons (Fsp3) is 0.118. The molecular weight excluding hydrogens is 348 g/mol. The number of ether oxygens (including phenoxy) is 2. The maximum Gasteiger partial charge on any atom is 0.228 e. The zero-order valence-electron chi connectivity index (χ0n) is 11.5. The lowest BCUT2D eigenvalue weighted by Gasteiger charge is -2.18. The molecule has 1 aromatic heterocycles. The van der Waals surface area contributed by atoms with Gasteiger partial charge in [-0.1, -0.05) is 15.9 Å². The Bertz CT molecular complexity index is 881. The molecule has 0 fully saturated rings. The number of ketones is 1. The molecular formula is C17H11BrO4. The van der Waals surface area contributed by atoms with Crippen LogP contribution in [-0.4, -0.2) is 19.0 Å². The molecule has 0 spiro atoms. The molecule has 0 unspecified atom stereocenters. The van der Waals surface area contributed by atoms with Crippen LogP contribution in [0.1, 0.15) is 16.1 Å². The first-order valence-corrected chi connectivity index (χ1v) is 7.63. The number of benzene rings is 2. The average Bonchev–Trinajstić information content (AvgIpc) is 2.96. The lowest BCUT2D eigenvalue weighted by molar-refractivity contribution is 0.101. The summed E-state index contributed by atoms with van der Waals surface area (Å²) in [7, 11) is 0. The molecule has 110 valence electrons. The Morgan fingerprint density at radius 1 is 0.955 bits per heavy atom. The van der Waals surface area contributed by atoms with Crippen molar-refractivity contribution in [3.8, 4) is 11.5 Å². The van der Waals surface area contributed by atoms with Crippen molar-refractivity contribution >= 4 is 32.7 Å². The minimum absolute atomic E-state index is 0.177. The minimum atomic E-state index is -0.177. The van der Waals surface area contributed by atoms with Crippen molar-refractivity contribution in [2.45, 2.75) is 0 Å². The minimum Gasteiger partial charge on any atom is -0.486 e. The van der Waals surface area contributed by atoms with E-state index in [1.807, 2.05) is 18.2 Å². The van der Waals surface area contributed by atoms with Gasteiger partial charge in [0.25, 0.3) is 0 Å². The van der Waals surface area contributed by atoms with Crippen molar-refractivity contribution in [3.63, 3.8) is 0 Å². The summed E-state index contributed by atoms with van der Waals surface area (Å²) in [5, 5.41) is 0.885. The van der Waals surface area contributed by atoms with Gasteiger partial charge in [0.05, 0.1) is 0 Å². The molecule has 1 aliphatic heterocycles. The fourth-order valence-corrected chi connectivity index (χ4v) is 2.83. The van der Waals surface area contributed by atoms with E-state index in [1.54, 1.807) is 24.3 Å². The first-order chi connectivity index (χ1) is 10.7. The number of halogens is 1. The summed E-state index contributed by atoms with van der Waals surface area (Å²) in [6.07, 6.45) is 0. The maximum absolute atomic E-state index is 12.6. The van der Waals surface area contributed by atoms with Gasteiger partial charge in [-0.2, -0.15) is 0 Å². The van der Waals surface area contributed by atoms with E-state index in [4.69, 9.17) is 13.9 Å². The molecule has 2 aromatic carbocycles. The summed E-state index contributed by atoms with van der Waals surface area (Å²) in [6, 6.07) is 12.5. The van der Waals surface area contributed by atoms with Crippen LogP contribution in [0.2, 0.25) is 0 Å². The number of hydrogen-bond donors (Lipinski definition) is 0. The van der Waals surface area contributed by atoms with Crippen molar-refractivity contribution in [3.05, 3.63) is 58.3 Å². The molecule has 3 aromatic rings. The lowest BCUT2D eigenvalue weighted by atomic mass is 10.1. The highest BCUT2D eigenvalue weighted by molar-refractivity contribution is 9.10. The lowest BCUT2D eigenvalue weighted by Crippen LogP contribution is -2.15. The molecule has 0 atom stereocenters. The first-order valence-electron chi connectivity index (χ1n) is 6.84. The second-order valence-corrected chi connectivity index (χ2v) is 5.90. The predicted octanol–water partition coefficient (Wildman–Crippen LogP) is 4.20. The third-order valence-electron chi connectivity index (χ3n) is 3.51. The van der Waals surface area contributed by atoms with Crippen LogP contribution in [-0.2, 0) is 0 Å². The van der Waals surface area contributed by atoms with Gasteiger partial charge in [-0.3, -0.25) is 4.79 Å². The van der Waals surface area contributed by atoms with Crippen LogP contribution in [0.5, 0.6) is 11.5 Å². The second-order valence-electron chi connectivity index (χ2n) is 4.98. The zero-order valence-corrected chi connectivity index (χ0v) is 13.1. The molecule has 4 nitrogen and oxygen atoms in total. The van der Waals surface area contributed by atoms with Gasteiger partial charge in [-0.25, -0.2) is 0 Å². The summed E-state index contributed by atoms with van der Waals surface area (Å²) >= 11 is 3.41. The van der Waals surface area contributed by atoms with Crippen LogP contribution in [0.25, 0.3) is 11.0 Å². The largest absolute Gasteiger partial charge is 0.486 e. The summed E-state index contributed by atoms with van der Waals surface area (Å²) in [5.74, 6) is 1.39. The SMILES string of the molecule is O=C(c1ccc2c(c1)OCCO2)c1cc2cc(Br)ccc2o1. The van der Waals surface area contributed by atoms with Crippen molar-refractivity contribution in [1.29, 1.82) is 0 Å². The van der Waals surface area contributed by atoms with Crippen LogP contribution >= 0.6 is 15.9 Å². The van der Waals surface area contributed by atoms with Gasteiger partial charge in [-0.15, -0.1) is 0 Å². The first kappa shape index (κ1) is 13.4. The van der Waals surface area contributed by atoms with Gasteiger partial charge >= 0.3 is 0 Å². The Labute approximate surface area is 134 Å². The van der Waals surface area contributed by atoms with Crippen LogP contribution in [0.4, 0.5) is 0 Å². The summed E-state index contributed by atoms with van der Waals surface area (Å²) in [6.45, 7) is 1.02. The zero-order chi connectivity index (χ0) is 15.1. The molecule has 1 aliphatic rings. The molecule has 0 saturated carbocycles. The van der Waals surface area contributed by atoms with E-state index in [0.29, 0.717) is 41.6 Å². The third kappa shape index (κ3) is 2.27. The topological polar surface area (TPSA) is 48.7 Å². The van der Waals surface area contributed by atoms with Crippen LogP contribution in [0.3, 0.4) is 0 Å². The standard InChI is InChI=1S/C17H11BrO4/c18-12-2-4-13-11(7-12)9-16(22-13)17(19)10-1-3-14-15(8-10)21-6-5-20-14/h1-4,7-9H,5-6H2. The van der Waals surface area contributed by atoms with Gasteiger partial charge in [0.1, 0.15) is 18.8 Å². The van der Waals surface area contributed by atoms with Crippen molar-refractivity contribution < 1.29 is 18.7 Å². The number of fused-ring (bicyclic) bond motifs is 2. The maximum atomic E-state index is 12.6. The Kier molecular flexibility index (Phi) is 3.15. The van der Waals surface area contributed by atoms with Gasteiger partial charge in [0, 0.05) is 15.4 Å². The van der Waals surface area contributed by atoms with E-state index >= 15 is 0 Å². The number of hydrogen-bond acceptors (Lipinski definition) is 4. The molecule has 4 rings (SSSR count). The number of furan rings is 1. The number of rotatable bonds is 2. The van der Waals surface area contributed by atoms with E-state index in [-0.39, 0.29) is 5.78 Å². The molecule has 22 heavy (non-hydrogen) atoms. The van der Waals surface area contributed by atoms with Gasteiger partial charge in [0.15, 0.2) is 17.3 Å². The normalized spacial score (nSPS) is 13.3. The van der Waals surface area contributed by atoms with E-state index in [2.05, 4.69) is 15.9 Å². The van der Waals surface area contributed by atoms with Gasteiger partial charge in [0.2, 0.25) is 5.78 Å². The van der Waals surface area contributed by atoms with Crippen molar-refractivity contribution in [2.75, 3.05) is 13.2 Å². The quantitative estimate of drug-likeness (QED) is 0.644. The summed E-state index contributed by atoms with van der Waals surface area (Å²) in [5.41, 5.74) is 1.20. The summed E-state index contributed by atoms with van der Waals surface area (Å²) in [4.78, 5) is 12.6. The van der Waals surface area contributed by atoms with E-state index < -0.39 is 0 Å². The fourth-order valence-electron chi connectivity index (χ4n) is 2.45. The average molecular weight is 359 g/mol. The Balaban J connectivity index is 1.73. The molecule has 0 saturated heterocycles. The predicted molar refractivity (Wildman–Crippen MR) is 84.8 cm³/mol. The summed E-state index contributed by atoms with van der Waals surface area (Å²) < 4.78 is 17.6.